The first-order valence-electron chi connectivity index (χ1n) is 9.61. The van der Waals surface area contributed by atoms with Crippen LogP contribution in [0.4, 0.5) is 0 Å². The van der Waals surface area contributed by atoms with E-state index >= 15 is 0 Å². The van der Waals surface area contributed by atoms with Gasteiger partial charge in [-0.1, -0.05) is 24.3 Å². The molecule has 0 aliphatic heterocycles. The van der Waals surface area contributed by atoms with E-state index < -0.39 is 0 Å². The Morgan fingerprint density at radius 3 is 2.38 bits per heavy atom. The van der Waals surface area contributed by atoms with Crippen LogP contribution in [-0.2, 0) is 17.8 Å². The smallest absolute Gasteiger partial charge is 0.191 e. The van der Waals surface area contributed by atoms with E-state index in [2.05, 4.69) is 34.7 Å². The van der Waals surface area contributed by atoms with Crippen molar-refractivity contribution in [2.75, 3.05) is 34.0 Å². The molecule has 0 heterocycles. The predicted molar refractivity (Wildman–Crippen MR) is 128 cm³/mol. The quantitative estimate of drug-likeness (QED) is 0.206. The fourth-order valence-corrected chi connectivity index (χ4v) is 2.61. The number of halogens is 1. The largest absolute Gasteiger partial charge is 0.497 e. The van der Waals surface area contributed by atoms with Crippen molar-refractivity contribution in [2.24, 2.45) is 4.99 Å². The Balaban J connectivity index is 0.00000420. The number of rotatable bonds is 11. The highest BCUT2D eigenvalue weighted by Gasteiger charge is 2.01. The molecule has 160 valence electrons. The molecule has 0 fully saturated rings. The molecule has 2 aromatic rings. The number of benzene rings is 2. The summed E-state index contributed by atoms with van der Waals surface area (Å²) in [6, 6.07) is 16.0. The Morgan fingerprint density at radius 2 is 1.66 bits per heavy atom. The summed E-state index contributed by atoms with van der Waals surface area (Å²) in [7, 11) is 3.37. The van der Waals surface area contributed by atoms with E-state index in [0.717, 1.165) is 41.6 Å². The lowest BCUT2D eigenvalue weighted by atomic mass is 10.2. The third-order valence-electron chi connectivity index (χ3n) is 4.02. The molecule has 0 bridgehead atoms. The third kappa shape index (κ3) is 9.85. The number of methoxy groups -OCH3 is 2. The monoisotopic (exact) mass is 513 g/mol. The first-order chi connectivity index (χ1) is 13.7. The van der Waals surface area contributed by atoms with E-state index in [0.29, 0.717) is 26.3 Å². The summed E-state index contributed by atoms with van der Waals surface area (Å²) in [6.07, 6.45) is 0.873. The SMILES string of the molecule is CCNC(=NCc1cccc(OCCCOC)c1)NCc1cccc(OC)c1.I. The Labute approximate surface area is 191 Å². The van der Waals surface area contributed by atoms with Gasteiger partial charge in [0.15, 0.2) is 5.96 Å². The summed E-state index contributed by atoms with van der Waals surface area (Å²) in [5.74, 6) is 2.48. The number of aliphatic imine (C=N–C) groups is 1. The zero-order chi connectivity index (χ0) is 20.0. The van der Waals surface area contributed by atoms with Gasteiger partial charge in [0.05, 0.1) is 20.3 Å². The van der Waals surface area contributed by atoms with Crippen molar-refractivity contribution in [3.63, 3.8) is 0 Å². The van der Waals surface area contributed by atoms with Gasteiger partial charge >= 0.3 is 0 Å². The summed E-state index contributed by atoms with van der Waals surface area (Å²) in [4.78, 5) is 4.68. The summed E-state index contributed by atoms with van der Waals surface area (Å²) >= 11 is 0. The van der Waals surface area contributed by atoms with Gasteiger partial charge in [-0.05, 0) is 42.3 Å². The molecular weight excluding hydrogens is 481 g/mol. The second-order valence-electron chi connectivity index (χ2n) is 6.24. The minimum absolute atomic E-state index is 0. The van der Waals surface area contributed by atoms with Crippen molar-refractivity contribution < 1.29 is 14.2 Å². The van der Waals surface area contributed by atoms with Gasteiger partial charge in [-0.3, -0.25) is 0 Å². The Morgan fingerprint density at radius 1 is 0.931 bits per heavy atom. The van der Waals surface area contributed by atoms with E-state index in [1.807, 2.05) is 36.4 Å². The number of nitrogens with zero attached hydrogens (tertiary/aromatic N) is 1. The van der Waals surface area contributed by atoms with E-state index in [-0.39, 0.29) is 24.0 Å². The van der Waals surface area contributed by atoms with Crippen LogP contribution in [0.2, 0.25) is 0 Å². The number of nitrogens with one attached hydrogen (secondary N) is 2. The fraction of sp³-hybridized carbons (Fsp3) is 0.409. The molecule has 29 heavy (non-hydrogen) atoms. The molecule has 0 unspecified atom stereocenters. The lowest BCUT2D eigenvalue weighted by Crippen LogP contribution is -2.36. The normalized spacial score (nSPS) is 10.8. The number of guanidine groups is 1. The second kappa shape index (κ2) is 14.9. The highest BCUT2D eigenvalue weighted by Crippen LogP contribution is 2.15. The van der Waals surface area contributed by atoms with Gasteiger partial charge in [0, 0.05) is 33.2 Å². The zero-order valence-corrected chi connectivity index (χ0v) is 19.8. The Hall–Kier alpha value is -2.00. The second-order valence-corrected chi connectivity index (χ2v) is 6.24. The molecule has 0 amide bonds. The molecule has 0 saturated heterocycles. The summed E-state index contributed by atoms with van der Waals surface area (Å²) in [5, 5.41) is 6.64. The molecule has 6 nitrogen and oxygen atoms in total. The van der Waals surface area contributed by atoms with Crippen LogP contribution in [0.3, 0.4) is 0 Å². The Kier molecular flexibility index (Phi) is 12.9. The molecule has 7 heteroatoms. The van der Waals surface area contributed by atoms with Crippen molar-refractivity contribution in [1.29, 1.82) is 0 Å². The molecule has 2 rings (SSSR count). The average molecular weight is 513 g/mol. The molecule has 0 aromatic heterocycles. The van der Waals surface area contributed by atoms with Gasteiger partial charge in [-0.2, -0.15) is 0 Å². The van der Waals surface area contributed by atoms with Crippen molar-refractivity contribution in [2.45, 2.75) is 26.4 Å². The summed E-state index contributed by atoms with van der Waals surface area (Å²) in [5.41, 5.74) is 2.24. The third-order valence-corrected chi connectivity index (χ3v) is 4.02. The molecule has 2 N–H and O–H groups in total. The lowest BCUT2D eigenvalue weighted by Gasteiger charge is -2.12. The number of ether oxygens (including phenoxy) is 3. The predicted octanol–water partition coefficient (Wildman–Crippen LogP) is 3.98. The van der Waals surface area contributed by atoms with Crippen LogP contribution < -0.4 is 20.1 Å². The first kappa shape index (κ1) is 25.0. The van der Waals surface area contributed by atoms with Gasteiger partial charge in [-0.25, -0.2) is 4.99 Å². The molecule has 0 radical (unpaired) electrons. The summed E-state index contributed by atoms with van der Waals surface area (Å²) < 4.78 is 16.1. The van der Waals surface area contributed by atoms with Crippen molar-refractivity contribution in [3.05, 3.63) is 59.7 Å². The molecule has 0 aliphatic rings. The maximum Gasteiger partial charge on any atom is 0.191 e. The first-order valence-corrected chi connectivity index (χ1v) is 9.61. The number of hydrogen-bond donors (Lipinski definition) is 2. The standard InChI is InChI=1S/C22H31N3O3.HI/c1-4-23-22(24-16-18-8-5-10-20(14-18)27-3)25-17-19-9-6-11-21(15-19)28-13-7-12-26-2;/h5-6,8-11,14-15H,4,7,12-13,16-17H2,1-3H3,(H2,23,24,25);1H. The van der Waals surface area contributed by atoms with Gasteiger partial charge in [0.2, 0.25) is 0 Å². The highest BCUT2D eigenvalue weighted by molar-refractivity contribution is 14.0. The fourth-order valence-electron chi connectivity index (χ4n) is 2.61. The van der Waals surface area contributed by atoms with E-state index in [4.69, 9.17) is 14.2 Å². The van der Waals surface area contributed by atoms with Crippen LogP contribution in [0.25, 0.3) is 0 Å². The van der Waals surface area contributed by atoms with Crippen LogP contribution in [0, 0.1) is 0 Å². The summed E-state index contributed by atoms with van der Waals surface area (Å²) in [6.45, 7) is 5.44. The van der Waals surface area contributed by atoms with Crippen LogP contribution >= 0.6 is 24.0 Å². The maximum absolute atomic E-state index is 5.76. The zero-order valence-electron chi connectivity index (χ0n) is 17.4. The Bertz CT molecular complexity index is 741. The van der Waals surface area contributed by atoms with Gasteiger partial charge in [0.25, 0.3) is 0 Å². The highest BCUT2D eigenvalue weighted by atomic mass is 127. The van der Waals surface area contributed by atoms with Gasteiger partial charge in [0.1, 0.15) is 11.5 Å². The molecule has 2 aromatic carbocycles. The van der Waals surface area contributed by atoms with Crippen molar-refractivity contribution >= 4 is 29.9 Å². The van der Waals surface area contributed by atoms with Crippen LogP contribution in [0.5, 0.6) is 11.5 Å². The van der Waals surface area contributed by atoms with E-state index in [1.54, 1.807) is 14.2 Å². The van der Waals surface area contributed by atoms with Gasteiger partial charge < -0.3 is 24.8 Å². The minimum Gasteiger partial charge on any atom is -0.497 e. The van der Waals surface area contributed by atoms with Crippen molar-refractivity contribution in [1.82, 2.24) is 10.6 Å². The van der Waals surface area contributed by atoms with E-state index in [9.17, 15) is 0 Å². The molecule has 0 saturated carbocycles. The molecule has 0 atom stereocenters. The topological polar surface area (TPSA) is 64.1 Å². The maximum atomic E-state index is 5.76. The average Bonchev–Trinajstić information content (AvgIpc) is 2.73. The minimum atomic E-state index is 0. The molecular formula is C22H32IN3O3. The number of hydrogen-bond acceptors (Lipinski definition) is 4. The lowest BCUT2D eigenvalue weighted by molar-refractivity contribution is 0.172. The van der Waals surface area contributed by atoms with Crippen molar-refractivity contribution in [3.8, 4) is 11.5 Å². The van der Waals surface area contributed by atoms with Gasteiger partial charge in [-0.15, -0.1) is 24.0 Å². The molecule has 0 aliphatic carbocycles. The van der Waals surface area contributed by atoms with Crippen LogP contribution in [0.1, 0.15) is 24.5 Å². The van der Waals surface area contributed by atoms with E-state index in [1.165, 1.54) is 0 Å². The van der Waals surface area contributed by atoms with Crippen LogP contribution in [0.15, 0.2) is 53.5 Å². The van der Waals surface area contributed by atoms with Crippen LogP contribution in [-0.4, -0.2) is 39.9 Å². The molecule has 0 spiro atoms.